The molecule has 0 bridgehead atoms. The van der Waals surface area contributed by atoms with Crippen LogP contribution in [0.2, 0.25) is 0 Å². The van der Waals surface area contributed by atoms with E-state index in [2.05, 4.69) is 15.3 Å². The number of nitrogens with two attached hydrogens (primary N) is 1. The number of amides is 1. The summed E-state index contributed by atoms with van der Waals surface area (Å²) in [5.41, 5.74) is 6.48. The Bertz CT molecular complexity index is 1010. The number of halogens is 6. The molecule has 33 heavy (non-hydrogen) atoms. The highest BCUT2D eigenvalue weighted by Gasteiger charge is 2.39. The second-order valence-corrected chi connectivity index (χ2v) is 9.03. The highest BCUT2D eigenvalue weighted by Crippen LogP contribution is 2.42. The molecule has 0 aromatic carbocycles. The summed E-state index contributed by atoms with van der Waals surface area (Å²) in [6.07, 6.45) is -3.69. The van der Waals surface area contributed by atoms with Crippen molar-refractivity contribution in [1.82, 2.24) is 19.7 Å². The van der Waals surface area contributed by atoms with E-state index in [0.29, 0.717) is 5.69 Å². The monoisotopic (exact) mass is 477 g/mol. The topological polar surface area (TPSA) is 85.3 Å². The van der Waals surface area contributed by atoms with Crippen molar-refractivity contribution in [2.75, 3.05) is 0 Å². The maximum absolute atomic E-state index is 15.0. The molecule has 2 aromatic rings. The standard InChI is InChI=1S/C21H25F6N5O/c22-18-17(15(28)11-3-7-20(23,24)8-4-11)31-19-29-13(6-10-32(18)19)16(12-1-2-12)30-14(33)5-9-21(25,26)27/h6,10-12,15-16H,1-5,7-9,28H2,(H,30,33). The van der Waals surface area contributed by atoms with E-state index in [4.69, 9.17) is 5.73 Å². The minimum atomic E-state index is -4.43. The number of fused-ring (bicyclic) bond motifs is 1. The highest BCUT2D eigenvalue weighted by atomic mass is 19.4. The second kappa shape index (κ2) is 8.77. The van der Waals surface area contributed by atoms with Crippen LogP contribution in [-0.2, 0) is 4.79 Å². The number of carbonyl (C=O) groups excluding carboxylic acids is 1. The molecular formula is C21H25F6N5O. The molecule has 4 rings (SSSR count). The van der Waals surface area contributed by atoms with Gasteiger partial charge in [-0.25, -0.2) is 18.7 Å². The Morgan fingerprint density at radius 1 is 1.18 bits per heavy atom. The zero-order valence-corrected chi connectivity index (χ0v) is 17.7. The van der Waals surface area contributed by atoms with E-state index in [1.54, 1.807) is 0 Å². The van der Waals surface area contributed by atoms with Crippen molar-refractivity contribution >= 4 is 11.7 Å². The van der Waals surface area contributed by atoms with E-state index in [-0.39, 0.29) is 49.0 Å². The highest BCUT2D eigenvalue weighted by molar-refractivity contribution is 5.76. The van der Waals surface area contributed by atoms with Gasteiger partial charge in [0.25, 0.3) is 0 Å². The third-order valence-electron chi connectivity index (χ3n) is 6.43. The summed E-state index contributed by atoms with van der Waals surface area (Å²) in [6, 6.07) is 0.0158. The fourth-order valence-corrected chi connectivity index (χ4v) is 4.33. The van der Waals surface area contributed by atoms with Crippen LogP contribution < -0.4 is 11.1 Å². The first-order valence-electron chi connectivity index (χ1n) is 11.0. The lowest BCUT2D eigenvalue weighted by Gasteiger charge is -2.31. The van der Waals surface area contributed by atoms with Gasteiger partial charge >= 0.3 is 6.18 Å². The van der Waals surface area contributed by atoms with Gasteiger partial charge in [0, 0.05) is 25.5 Å². The molecule has 2 unspecified atom stereocenters. The van der Waals surface area contributed by atoms with Crippen LogP contribution in [0.15, 0.2) is 12.3 Å². The van der Waals surface area contributed by atoms with Gasteiger partial charge in [0.1, 0.15) is 5.69 Å². The van der Waals surface area contributed by atoms with Crippen LogP contribution in [0.3, 0.4) is 0 Å². The minimum Gasteiger partial charge on any atom is -0.347 e. The first kappa shape index (κ1) is 23.8. The van der Waals surface area contributed by atoms with Crippen molar-refractivity contribution in [3.8, 4) is 0 Å². The molecule has 6 nitrogen and oxygen atoms in total. The Kier molecular flexibility index (Phi) is 6.32. The van der Waals surface area contributed by atoms with Gasteiger partial charge in [0.2, 0.25) is 23.6 Å². The lowest BCUT2D eigenvalue weighted by atomic mass is 9.81. The molecule has 1 amide bonds. The predicted molar refractivity (Wildman–Crippen MR) is 106 cm³/mol. The number of carbonyl (C=O) groups is 1. The van der Waals surface area contributed by atoms with Crippen molar-refractivity contribution in [3.05, 3.63) is 29.6 Å². The van der Waals surface area contributed by atoms with Gasteiger partial charge in [-0.3, -0.25) is 9.20 Å². The maximum atomic E-state index is 15.0. The average Bonchev–Trinajstić information content (AvgIpc) is 3.53. The zero-order valence-electron chi connectivity index (χ0n) is 17.7. The molecule has 0 radical (unpaired) electrons. The Balaban J connectivity index is 1.52. The van der Waals surface area contributed by atoms with Crippen LogP contribution in [0.5, 0.6) is 0 Å². The van der Waals surface area contributed by atoms with E-state index in [1.807, 2.05) is 0 Å². The van der Waals surface area contributed by atoms with Crippen LogP contribution >= 0.6 is 0 Å². The lowest BCUT2D eigenvalue weighted by Crippen LogP contribution is -2.31. The molecular weight excluding hydrogens is 452 g/mol. The van der Waals surface area contributed by atoms with Crippen molar-refractivity contribution in [1.29, 1.82) is 0 Å². The summed E-state index contributed by atoms with van der Waals surface area (Å²) < 4.78 is 80.2. The predicted octanol–water partition coefficient (Wildman–Crippen LogP) is 4.60. The first-order chi connectivity index (χ1) is 15.4. The molecule has 2 saturated carbocycles. The molecule has 3 N–H and O–H groups in total. The van der Waals surface area contributed by atoms with Gasteiger partial charge in [-0.15, -0.1) is 0 Å². The Morgan fingerprint density at radius 3 is 2.45 bits per heavy atom. The molecule has 2 aliphatic rings. The number of nitrogens with zero attached hydrogens (tertiary/aromatic N) is 3. The quantitative estimate of drug-likeness (QED) is 0.571. The van der Waals surface area contributed by atoms with E-state index in [9.17, 15) is 31.1 Å². The number of hydrogen-bond acceptors (Lipinski definition) is 4. The molecule has 2 heterocycles. The Hall–Kier alpha value is -2.37. The third-order valence-corrected chi connectivity index (χ3v) is 6.43. The molecule has 182 valence electrons. The molecule has 2 aromatic heterocycles. The summed E-state index contributed by atoms with van der Waals surface area (Å²) in [7, 11) is 0. The van der Waals surface area contributed by atoms with Crippen LogP contribution in [0.25, 0.3) is 5.78 Å². The first-order valence-corrected chi connectivity index (χ1v) is 11.0. The summed E-state index contributed by atoms with van der Waals surface area (Å²) in [5, 5.41) is 2.61. The minimum absolute atomic E-state index is 0.00761. The van der Waals surface area contributed by atoms with Gasteiger partial charge in [0.05, 0.1) is 24.2 Å². The van der Waals surface area contributed by atoms with Gasteiger partial charge in [-0.1, -0.05) is 0 Å². The zero-order chi connectivity index (χ0) is 24.0. The van der Waals surface area contributed by atoms with Gasteiger partial charge in [-0.2, -0.15) is 17.6 Å². The lowest BCUT2D eigenvalue weighted by molar-refractivity contribution is -0.144. The smallest absolute Gasteiger partial charge is 0.347 e. The normalized spacial score (nSPS) is 21.2. The molecule has 0 spiro atoms. The van der Waals surface area contributed by atoms with E-state index < -0.39 is 48.9 Å². The molecule has 12 heteroatoms. The summed E-state index contributed by atoms with van der Waals surface area (Å²) in [6.45, 7) is 0. The number of alkyl halides is 5. The van der Waals surface area contributed by atoms with E-state index >= 15 is 0 Å². The van der Waals surface area contributed by atoms with Crippen molar-refractivity contribution < 1.29 is 31.1 Å². The molecule has 0 aliphatic heterocycles. The average molecular weight is 477 g/mol. The van der Waals surface area contributed by atoms with Crippen molar-refractivity contribution in [2.24, 2.45) is 17.6 Å². The number of imidazole rings is 1. The van der Waals surface area contributed by atoms with Gasteiger partial charge in [0.15, 0.2) is 0 Å². The Labute approximate surface area is 185 Å². The number of rotatable bonds is 7. The van der Waals surface area contributed by atoms with Gasteiger partial charge in [-0.05, 0) is 43.6 Å². The largest absolute Gasteiger partial charge is 0.389 e. The summed E-state index contributed by atoms with van der Waals surface area (Å²) in [4.78, 5) is 20.6. The summed E-state index contributed by atoms with van der Waals surface area (Å²) in [5.74, 6) is -4.52. The molecule has 0 saturated heterocycles. The van der Waals surface area contributed by atoms with E-state index in [1.165, 1.54) is 12.3 Å². The van der Waals surface area contributed by atoms with Crippen LogP contribution in [-0.4, -0.2) is 32.4 Å². The summed E-state index contributed by atoms with van der Waals surface area (Å²) >= 11 is 0. The van der Waals surface area contributed by atoms with Crippen LogP contribution in [0.4, 0.5) is 26.3 Å². The SMILES string of the molecule is NC(c1nc2nc(C(NC(=O)CCC(F)(F)F)C3CC3)ccn2c1F)C1CCC(F)(F)CC1. The van der Waals surface area contributed by atoms with E-state index in [0.717, 1.165) is 17.2 Å². The number of nitrogens with one attached hydrogen (secondary N) is 1. The third kappa shape index (κ3) is 5.59. The van der Waals surface area contributed by atoms with Crippen LogP contribution in [0, 0.1) is 17.8 Å². The van der Waals surface area contributed by atoms with Crippen molar-refractivity contribution in [2.45, 2.75) is 75.5 Å². The fraction of sp³-hybridized carbons (Fsp3) is 0.667. The molecule has 2 fully saturated rings. The number of aromatic nitrogens is 3. The number of hydrogen-bond donors (Lipinski definition) is 2. The van der Waals surface area contributed by atoms with Gasteiger partial charge < -0.3 is 11.1 Å². The fourth-order valence-electron chi connectivity index (χ4n) is 4.33. The van der Waals surface area contributed by atoms with Crippen LogP contribution in [0.1, 0.15) is 74.8 Å². The molecule has 2 atom stereocenters. The van der Waals surface area contributed by atoms with Crippen molar-refractivity contribution in [3.63, 3.8) is 0 Å². The molecule has 2 aliphatic carbocycles. The second-order valence-electron chi connectivity index (χ2n) is 9.03. The maximum Gasteiger partial charge on any atom is 0.389 e. The Morgan fingerprint density at radius 2 is 1.85 bits per heavy atom.